The smallest absolute Gasteiger partial charge is 0.320 e. The molecule has 0 amide bonds. The Morgan fingerprint density at radius 3 is 2.95 bits per heavy atom. The zero-order chi connectivity index (χ0) is 13.7. The number of aliphatic carboxylic acids is 1. The first-order chi connectivity index (χ1) is 9.22. The Hall–Kier alpha value is -1.35. The lowest BCUT2D eigenvalue weighted by Gasteiger charge is -2.23. The number of rotatable bonds is 5. The van der Waals surface area contributed by atoms with Crippen LogP contribution >= 0.6 is 0 Å². The van der Waals surface area contributed by atoms with Gasteiger partial charge in [0.25, 0.3) is 0 Å². The van der Waals surface area contributed by atoms with Crippen LogP contribution in [0.2, 0.25) is 0 Å². The number of benzene rings is 1. The van der Waals surface area contributed by atoms with Gasteiger partial charge in [0.1, 0.15) is 6.04 Å². The molecular formula is C16H23NO2. The van der Waals surface area contributed by atoms with Crippen molar-refractivity contribution >= 4 is 5.97 Å². The number of hydrogen-bond acceptors (Lipinski definition) is 2. The van der Waals surface area contributed by atoms with Gasteiger partial charge in [-0.15, -0.1) is 0 Å². The molecule has 0 spiro atoms. The molecule has 3 heteroatoms. The van der Waals surface area contributed by atoms with E-state index in [2.05, 4.69) is 29.6 Å². The second-order valence-corrected chi connectivity index (χ2v) is 5.34. The van der Waals surface area contributed by atoms with Gasteiger partial charge in [-0.05, 0) is 36.8 Å². The van der Waals surface area contributed by atoms with Crippen LogP contribution in [-0.2, 0) is 11.2 Å². The second-order valence-electron chi connectivity index (χ2n) is 5.34. The molecule has 0 radical (unpaired) electrons. The summed E-state index contributed by atoms with van der Waals surface area (Å²) in [7, 11) is 0. The molecule has 19 heavy (non-hydrogen) atoms. The topological polar surface area (TPSA) is 49.3 Å². The number of carboxylic acids is 1. The fourth-order valence-corrected chi connectivity index (χ4v) is 2.90. The van der Waals surface area contributed by atoms with Crippen LogP contribution in [0.1, 0.15) is 56.2 Å². The normalized spacial score (nSPS) is 20.4. The molecule has 1 aliphatic carbocycles. The number of carboxylic acid groups (broad SMARTS) is 1. The average molecular weight is 261 g/mol. The van der Waals surface area contributed by atoms with Gasteiger partial charge in [0, 0.05) is 6.04 Å². The van der Waals surface area contributed by atoms with Gasteiger partial charge in [0.15, 0.2) is 0 Å². The zero-order valence-corrected chi connectivity index (χ0v) is 11.6. The lowest BCUT2D eigenvalue weighted by atomic mass is 9.98. The standard InChI is InChI=1S/C16H23NO2/c1-2-7-15(16(18)19)17-14-11-6-4-9-12-8-3-5-10-13(12)14/h3,5,8,10,14-15,17H,2,4,6-7,9,11H2,1H3,(H,18,19). The first kappa shape index (κ1) is 14.1. The summed E-state index contributed by atoms with van der Waals surface area (Å²) in [6, 6.07) is 8.19. The van der Waals surface area contributed by atoms with Crippen LogP contribution in [0, 0.1) is 0 Å². The SMILES string of the molecule is CCCC(NC1CCCCc2ccccc21)C(=O)O. The summed E-state index contributed by atoms with van der Waals surface area (Å²) < 4.78 is 0. The van der Waals surface area contributed by atoms with Gasteiger partial charge in [0.2, 0.25) is 0 Å². The van der Waals surface area contributed by atoms with Crippen molar-refractivity contribution in [3.63, 3.8) is 0 Å². The first-order valence-corrected chi connectivity index (χ1v) is 7.29. The molecule has 0 saturated carbocycles. The number of hydrogen-bond donors (Lipinski definition) is 2. The Balaban J connectivity index is 2.17. The minimum atomic E-state index is -0.733. The van der Waals surface area contributed by atoms with E-state index in [-0.39, 0.29) is 6.04 Å². The molecule has 104 valence electrons. The summed E-state index contributed by atoms with van der Waals surface area (Å²) in [4.78, 5) is 11.3. The van der Waals surface area contributed by atoms with Gasteiger partial charge < -0.3 is 5.11 Å². The van der Waals surface area contributed by atoms with Crippen LogP contribution in [0.5, 0.6) is 0 Å². The van der Waals surface area contributed by atoms with Crippen molar-refractivity contribution in [3.05, 3.63) is 35.4 Å². The minimum Gasteiger partial charge on any atom is -0.480 e. The Morgan fingerprint density at radius 2 is 2.21 bits per heavy atom. The number of carbonyl (C=O) groups is 1. The zero-order valence-electron chi connectivity index (χ0n) is 11.6. The summed E-state index contributed by atoms with van der Waals surface area (Å²) in [6.45, 7) is 2.03. The van der Waals surface area contributed by atoms with E-state index in [4.69, 9.17) is 0 Å². The molecule has 2 rings (SSSR count). The van der Waals surface area contributed by atoms with Gasteiger partial charge in [-0.3, -0.25) is 10.1 Å². The Morgan fingerprint density at radius 1 is 1.42 bits per heavy atom. The van der Waals surface area contributed by atoms with E-state index < -0.39 is 12.0 Å². The van der Waals surface area contributed by atoms with Crippen molar-refractivity contribution in [1.29, 1.82) is 0 Å². The lowest BCUT2D eigenvalue weighted by Crippen LogP contribution is -2.39. The highest BCUT2D eigenvalue weighted by Crippen LogP contribution is 2.29. The third kappa shape index (κ3) is 3.57. The number of aryl methyl sites for hydroxylation is 1. The number of nitrogens with one attached hydrogen (secondary N) is 1. The highest BCUT2D eigenvalue weighted by atomic mass is 16.4. The molecule has 3 nitrogen and oxygen atoms in total. The van der Waals surface area contributed by atoms with Crippen molar-refractivity contribution < 1.29 is 9.90 Å². The molecule has 1 aliphatic rings. The Bertz CT molecular complexity index is 431. The van der Waals surface area contributed by atoms with E-state index in [1.807, 2.05) is 6.92 Å². The van der Waals surface area contributed by atoms with E-state index in [0.29, 0.717) is 6.42 Å². The third-order valence-electron chi connectivity index (χ3n) is 3.90. The van der Waals surface area contributed by atoms with Gasteiger partial charge in [-0.25, -0.2) is 0 Å². The molecule has 2 unspecified atom stereocenters. The van der Waals surface area contributed by atoms with E-state index in [1.54, 1.807) is 0 Å². The largest absolute Gasteiger partial charge is 0.480 e. The summed E-state index contributed by atoms with van der Waals surface area (Å²) in [5.41, 5.74) is 2.67. The second kappa shape index (κ2) is 6.71. The summed E-state index contributed by atoms with van der Waals surface area (Å²) in [5, 5.41) is 12.6. The quantitative estimate of drug-likeness (QED) is 0.800. The van der Waals surface area contributed by atoms with Crippen LogP contribution in [0.3, 0.4) is 0 Å². The van der Waals surface area contributed by atoms with Gasteiger partial charge in [0.05, 0.1) is 0 Å². The highest BCUT2D eigenvalue weighted by molar-refractivity contribution is 5.73. The predicted octanol–water partition coefficient (Wildman–Crippen LogP) is 3.30. The molecule has 0 aliphatic heterocycles. The molecule has 1 aromatic rings. The Labute approximate surface area is 115 Å². The van der Waals surface area contributed by atoms with E-state index >= 15 is 0 Å². The molecule has 0 heterocycles. The Kier molecular flexibility index (Phi) is 4.97. The van der Waals surface area contributed by atoms with Crippen LogP contribution < -0.4 is 5.32 Å². The maximum absolute atomic E-state index is 11.3. The van der Waals surface area contributed by atoms with Gasteiger partial charge in [-0.2, -0.15) is 0 Å². The van der Waals surface area contributed by atoms with Gasteiger partial charge >= 0.3 is 5.97 Å². The summed E-state index contributed by atoms with van der Waals surface area (Å²) in [6.07, 6.45) is 6.07. The molecule has 0 bridgehead atoms. The molecule has 0 saturated heterocycles. The van der Waals surface area contributed by atoms with Crippen molar-refractivity contribution in [1.82, 2.24) is 5.32 Å². The van der Waals surface area contributed by atoms with Crippen molar-refractivity contribution in [2.45, 2.75) is 57.5 Å². The van der Waals surface area contributed by atoms with Crippen LogP contribution in [0.25, 0.3) is 0 Å². The minimum absolute atomic E-state index is 0.186. The van der Waals surface area contributed by atoms with E-state index in [0.717, 1.165) is 25.7 Å². The van der Waals surface area contributed by atoms with Crippen LogP contribution in [0.15, 0.2) is 24.3 Å². The number of fused-ring (bicyclic) bond motifs is 1. The van der Waals surface area contributed by atoms with Crippen LogP contribution in [-0.4, -0.2) is 17.1 Å². The summed E-state index contributed by atoms with van der Waals surface area (Å²) in [5.74, 6) is -0.733. The fourth-order valence-electron chi connectivity index (χ4n) is 2.90. The van der Waals surface area contributed by atoms with Crippen molar-refractivity contribution in [3.8, 4) is 0 Å². The van der Waals surface area contributed by atoms with Gasteiger partial charge in [-0.1, -0.05) is 44.0 Å². The third-order valence-corrected chi connectivity index (χ3v) is 3.90. The maximum Gasteiger partial charge on any atom is 0.320 e. The molecule has 2 N–H and O–H groups in total. The van der Waals surface area contributed by atoms with E-state index in [1.165, 1.54) is 17.5 Å². The predicted molar refractivity (Wildman–Crippen MR) is 76.2 cm³/mol. The molecular weight excluding hydrogens is 238 g/mol. The van der Waals surface area contributed by atoms with Crippen molar-refractivity contribution in [2.24, 2.45) is 0 Å². The van der Waals surface area contributed by atoms with Crippen LogP contribution in [0.4, 0.5) is 0 Å². The molecule has 1 aromatic carbocycles. The van der Waals surface area contributed by atoms with E-state index in [9.17, 15) is 9.90 Å². The monoisotopic (exact) mass is 261 g/mol. The maximum atomic E-state index is 11.3. The average Bonchev–Trinajstić information content (AvgIpc) is 2.61. The molecule has 2 atom stereocenters. The molecule has 0 aromatic heterocycles. The lowest BCUT2D eigenvalue weighted by molar-refractivity contribution is -0.139. The first-order valence-electron chi connectivity index (χ1n) is 7.29. The fraction of sp³-hybridized carbons (Fsp3) is 0.562. The highest BCUT2D eigenvalue weighted by Gasteiger charge is 2.24. The van der Waals surface area contributed by atoms with Crippen molar-refractivity contribution in [2.75, 3.05) is 0 Å². The molecule has 0 fully saturated rings. The summed E-state index contributed by atoms with van der Waals surface area (Å²) >= 11 is 0.